The Morgan fingerprint density at radius 2 is 1.92 bits per heavy atom. The summed E-state index contributed by atoms with van der Waals surface area (Å²) in [5.74, 6) is 1.80. The molecule has 0 bridgehead atoms. The van der Waals surface area contributed by atoms with Crippen LogP contribution in [-0.4, -0.2) is 24.0 Å². The summed E-state index contributed by atoms with van der Waals surface area (Å²) in [7, 11) is 3.19. The summed E-state index contributed by atoms with van der Waals surface area (Å²) in [4.78, 5) is 0. The van der Waals surface area contributed by atoms with Crippen molar-refractivity contribution in [1.29, 1.82) is 0 Å². The molecule has 0 aliphatic heterocycles. The Bertz CT molecular complexity index is 1110. The maximum absolute atomic E-state index is 6.05. The maximum atomic E-state index is 6.05. The van der Waals surface area contributed by atoms with E-state index in [4.69, 9.17) is 26.1 Å². The molecule has 6 heteroatoms. The van der Waals surface area contributed by atoms with Gasteiger partial charge in [-0.15, -0.1) is 0 Å². The summed E-state index contributed by atoms with van der Waals surface area (Å²) in [5.41, 5.74) is 1.54. The standard InChI is InChI=1S/C18H14N2O3S/c1-21-12-7-14(22-2)18-15(8-12)23-17(9-16(18)24)20-13-6-4-3-5-11(13)10-19-20/h3-10H,1-2H3. The summed E-state index contributed by atoms with van der Waals surface area (Å²) >= 11 is 5.55. The second-order valence-electron chi connectivity index (χ2n) is 5.27. The molecule has 0 radical (unpaired) electrons. The molecule has 0 atom stereocenters. The van der Waals surface area contributed by atoms with Gasteiger partial charge in [-0.25, -0.2) is 4.68 Å². The van der Waals surface area contributed by atoms with Crippen molar-refractivity contribution >= 4 is 34.1 Å². The SMILES string of the molecule is COc1cc(OC)c2c(=S)cc(-n3ncc4ccccc43)oc2c1. The van der Waals surface area contributed by atoms with Crippen LogP contribution in [0.3, 0.4) is 0 Å². The average molecular weight is 338 g/mol. The molecule has 0 aliphatic rings. The molecule has 2 aromatic heterocycles. The maximum Gasteiger partial charge on any atom is 0.222 e. The lowest BCUT2D eigenvalue weighted by Gasteiger charge is -2.10. The van der Waals surface area contributed by atoms with Crippen LogP contribution < -0.4 is 9.47 Å². The fraction of sp³-hybridized carbons (Fsp3) is 0.111. The van der Waals surface area contributed by atoms with Crippen LogP contribution in [0.1, 0.15) is 0 Å². The van der Waals surface area contributed by atoms with Crippen molar-refractivity contribution in [2.24, 2.45) is 0 Å². The van der Waals surface area contributed by atoms with Gasteiger partial charge in [0.2, 0.25) is 5.88 Å². The van der Waals surface area contributed by atoms with Gasteiger partial charge in [0.15, 0.2) is 0 Å². The number of aromatic nitrogens is 2. The Kier molecular flexibility index (Phi) is 3.46. The molecule has 0 unspecified atom stereocenters. The van der Waals surface area contributed by atoms with E-state index in [-0.39, 0.29) is 0 Å². The van der Waals surface area contributed by atoms with Crippen LogP contribution >= 0.6 is 12.2 Å². The smallest absolute Gasteiger partial charge is 0.222 e. The van der Waals surface area contributed by atoms with Crippen LogP contribution in [0.2, 0.25) is 0 Å². The number of benzene rings is 2. The Labute approximate surface area is 143 Å². The van der Waals surface area contributed by atoms with Crippen LogP contribution in [0, 0.1) is 4.51 Å². The molecule has 0 fully saturated rings. The van der Waals surface area contributed by atoms with Crippen molar-refractivity contribution < 1.29 is 13.9 Å². The van der Waals surface area contributed by atoms with E-state index >= 15 is 0 Å². The third-order valence-electron chi connectivity index (χ3n) is 3.90. The van der Waals surface area contributed by atoms with E-state index in [0.29, 0.717) is 27.5 Å². The molecule has 24 heavy (non-hydrogen) atoms. The number of hydrogen-bond acceptors (Lipinski definition) is 5. The topological polar surface area (TPSA) is 49.4 Å². The highest BCUT2D eigenvalue weighted by Gasteiger charge is 2.13. The summed E-state index contributed by atoms with van der Waals surface area (Å²) in [6.45, 7) is 0. The highest BCUT2D eigenvalue weighted by molar-refractivity contribution is 7.71. The van der Waals surface area contributed by atoms with E-state index in [1.54, 1.807) is 43.3 Å². The number of ether oxygens (including phenoxy) is 2. The minimum Gasteiger partial charge on any atom is -0.496 e. The summed E-state index contributed by atoms with van der Waals surface area (Å²) < 4.78 is 19.1. The van der Waals surface area contributed by atoms with Gasteiger partial charge in [0.1, 0.15) is 17.1 Å². The number of para-hydroxylation sites is 1. The first-order valence-corrected chi connectivity index (χ1v) is 7.75. The molecule has 0 amide bonds. The zero-order valence-electron chi connectivity index (χ0n) is 13.1. The van der Waals surface area contributed by atoms with Gasteiger partial charge < -0.3 is 13.9 Å². The normalized spacial score (nSPS) is 11.1. The first-order chi connectivity index (χ1) is 11.7. The summed E-state index contributed by atoms with van der Waals surface area (Å²) in [6.07, 6.45) is 1.80. The van der Waals surface area contributed by atoms with E-state index in [9.17, 15) is 0 Å². The van der Waals surface area contributed by atoms with Crippen LogP contribution in [-0.2, 0) is 0 Å². The van der Waals surface area contributed by atoms with Gasteiger partial charge in [0.25, 0.3) is 0 Å². The molecule has 4 rings (SSSR count). The molecule has 2 heterocycles. The van der Waals surface area contributed by atoms with Crippen LogP contribution in [0.5, 0.6) is 11.5 Å². The predicted molar refractivity (Wildman–Crippen MR) is 94.8 cm³/mol. The Hall–Kier alpha value is -2.86. The molecular weight excluding hydrogens is 324 g/mol. The second kappa shape index (κ2) is 5.65. The first kappa shape index (κ1) is 14.7. The minimum absolute atomic E-state index is 0.545. The molecule has 0 spiro atoms. The van der Waals surface area contributed by atoms with E-state index in [2.05, 4.69) is 5.10 Å². The lowest BCUT2D eigenvalue weighted by Crippen LogP contribution is -1.97. The molecule has 5 nitrogen and oxygen atoms in total. The lowest BCUT2D eigenvalue weighted by molar-refractivity contribution is 0.396. The van der Waals surface area contributed by atoms with E-state index in [1.165, 1.54) is 0 Å². The van der Waals surface area contributed by atoms with E-state index in [1.807, 2.05) is 24.3 Å². The van der Waals surface area contributed by atoms with Crippen molar-refractivity contribution in [2.75, 3.05) is 14.2 Å². The number of fused-ring (bicyclic) bond motifs is 2. The zero-order valence-corrected chi connectivity index (χ0v) is 14.0. The average Bonchev–Trinajstić information content (AvgIpc) is 3.04. The van der Waals surface area contributed by atoms with Crippen LogP contribution in [0.15, 0.2) is 53.1 Å². The molecule has 0 N–H and O–H groups in total. The van der Waals surface area contributed by atoms with Gasteiger partial charge in [-0.3, -0.25) is 0 Å². The highest BCUT2D eigenvalue weighted by Crippen LogP contribution is 2.34. The van der Waals surface area contributed by atoms with Crippen molar-refractivity contribution in [1.82, 2.24) is 9.78 Å². The molecule has 0 saturated heterocycles. The Morgan fingerprint density at radius 3 is 2.71 bits per heavy atom. The number of rotatable bonds is 3. The highest BCUT2D eigenvalue weighted by atomic mass is 32.1. The molecule has 0 aliphatic carbocycles. The summed E-state index contributed by atoms with van der Waals surface area (Å²) in [6, 6.07) is 13.3. The molecule has 4 aromatic rings. The lowest BCUT2D eigenvalue weighted by atomic mass is 10.2. The van der Waals surface area contributed by atoms with Crippen molar-refractivity contribution in [2.45, 2.75) is 0 Å². The van der Waals surface area contributed by atoms with E-state index < -0.39 is 0 Å². The molecule has 120 valence electrons. The van der Waals surface area contributed by atoms with Gasteiger partial charge >= 0.3 is 0 Å². The zero-order chi connectivity index (χ0) is 16.7. The quantitative estimate of drug-likeness (QED) is 0.514. The first-order valence-electron chi connectivity index (χ1n) is 7.34. The van der Waals surface area contributed by atoms with Gasteiger partial charge in [0, 0.05) is 23.6 Å². The monoisotopic (exact) mass is 338 g/mol. The predicted octanol–water partition coefficient (Wildman–Crippen LogP) is 4.52. The number of hydrogen-bond donors (Lipinski definition) is 0. The number of methoxy groups -OCH3 is 2. The fourth-order valence-electron chi connectivity index (χ4n) is 2.75. The van der Waals surface area contributed by atoms with E-state index in [0.717, 1.165) is 16.3 Å². The third-order valence-corrected chi connectivity index (χ3v) is 4.22. The van der Waals surface area contributed by atoms with Gasteiger partial charge in [0.05, 0.1) is 35.8 Å². The van der Waals surface area contributed by atoms with Crippen molar-refractivity contribution in [3.63, 3.8) is 0 Å². The number of nitrogens with zero attached hydrogens (tertiary/aromatic N) is 2. The fourth-order valence-corrected chi connectivity index (χ4v) is 3.05. The van der Waals surface area contributed by atoms with Crippen LogP contribution in [0.25, 0.3) is 27.8 Å². The van der Waals surface area contributed by atoms with Crippen molar-refractivity contribution in [3.8, 4) is 17.4 Å². The van der Waals surface area contributed by atoms with Crippen LogP contribution in [0.4, 0.5) is 0 Å². The minimum atomic E-state index is 0.545. The third kappa shape index (κ3) is 2.23. The largest absolute Gasteiger partial charge is 0.496 e. The van der Waals surface area contributed by atoms with Crippen molar-refractivity contribution in [3.05, 3.63) is 53.2 Å². The molecule has 2 aromatic carbocycles. The molecule has 0 saturated carbocycles. The van der Waals surface area contributed by atoms with Gasteiger partial charge in [-0.1, -0.05) is 30.4 Å². The second-order valence-corrected chi connectivity index (χ2v) is 5.71. The van der Waals surface area contributed by atoms with Gasteiger partial charge in [-0.2, -0.15) is 5.10 Å². The summed E-state index contributed by atoms with van der Waals surface area (Å²) in [5, 5.41) is 6.19. The molecular formula is C18H14N2O3S. The Morgan fingerprint density at radius 1 is 1.08 bits per heavy atom. The van der Waals surface area contributed by atoms with Gasteiger partial charge in [-0.05, 0) is 6.07 Å². The Balaban J connectivity index is 2.03.